The molecular formula is C47H58N4O7. The summed E-state index contributed by atoms with van der Waals surface area (Å²) in [6.45, 7) is 6.99. The molecule has 4 aliphatic heterocycles. The summed E-state index contributed by atoms with van der Waals surface area (Å²) in [4.78, 5) is 53.9. The first-order valence-corrected chi connectivity index (χ1v) is 21.2. The van der Waals surface area contributed by atoms with Crippen LogP contribution in [0.2, 0.25) is 0 Å². The van der Waals surface area contributed by atoms with E-state index in [9.17, 15) is 19.5 Å². The number of aliphatic hydroxyl groups is 1. The third kappa shape index (κ3) is 5.31. The van der Waals surface area contributed by atoms with Crippen molar-refractivity contribution >= 4 is 39.5 Å². The first-order chi connectivity index (χ1) is 28.0. The van der Waals surface area contributed by atoms with E-state index in [-0.39, 0.29) is 54.2 Å². The number of Topliss-reactive ketones (excluding diaryl/α,β-unsaturated/α-hetero) is 1. The lowest BCUT2D eigenvalue weighted by molar-refractivity contribution is -0.170. The zero-order valence-corrected chi connectivity index (χ0v) is 34.9. The van der Waals surface area contributed by atoms with E-state index in [1.165, 1.54) is 14.2 Å². The molecule has 0 amide bonds. The third-order valence-electron chi connectivity index (χ3n) is 15.6. The lowest BCUT2D eigenvalue weighted by Gasteiger charge is -2.61. The molecule has 6 aliphatic rings. The second-order valence-electron chi connectivity index (χ2n) is 17.9. The second-order valence-corrected chi connectivity index (χ2v) is 17.9. The van der Waals surface area contributed by atoms with Crippen LogP contribution in [0.4, 0.5) is 0 Å². The number of hydrogen-bond acceptors (Lipinski definition) is 9. The molecule has 58 heavy (non-hydrogen) atoms. The molecule has 3 saturated heterocycles. The number of piperidine rings is 3. The van der Waals surface area contributed by atoms with Crippen LogP contribution in [-0.2, 0) is 42.1 Å². The molecule has 4 aromatic rings. The zero-order valence-electron chi connectivity index (χ0n) is 34.9. The largest absolute Gasteiger partial charge is 0.496 e. The number of benzene rings is 2. The van der Waals surface area contributed by atoms with Gasteiger partial charge in [0.2, 0.25) is 0 Å². The molecule has 2 aliphatic carbocycles. The normalized spacial score (nSPS) is 33.6. The number of esters is 2. The van der Waals surface area contributed by atoms with Gasteiger partial charge in [-0.1, -0.05) is 43.2 Å². The zero-order chi connectivity index (χ0) is 40.8. The number of para-hydroxylation sites is 1. The molecule has 6 heterocycles. The number of aromatic nitrogens is 2. The van der Waals surface area contributed by atoms with E-state index >= 15 is 0 Å². The van der Waals surface area contributed by atoms with E-state index in [2.05, 4.69) is 63.1 Å². The molecule has 11 nitrogen and oxygen atoms in total. The van der Waals surface area contributed by atoms with Crippen LogP contribution in [0, 0.1) is 23.2 Å². The quantitative estimate of drug-likeness (QED) is 0.141. The molecule has 2 aromatic heterocycles. The smallest absolute Gasteiger partial charge is 0.319 e. The number of nitrogens with zero attached hydrogens (tertiary/aromatic N) is 2. The standard InChI is InChI=1S/C47H58N4O7/c1-8-26-17-28-22-46(44(54)57-6)42-30(14-15-51(43(26)46)38(28)16-25(3)53)31-18-32(39(56-5)21-37(31)49-42)33-19-35-27(9-2)23-50(4)40(47(35,24-52)45(55)58-7)20-34-29-12-10-11-13-36(29)48-41(33)34/h9-13,18,21,26,28,33,35,38,40,43,48-49,52H,8,14-17,19-20,22-24H2,1-7H3/b27-9-/t26-,28-,33+,35+,38+,40-,43-,46+,47+/m0/s1. The summed E-state index contributed by atoms with van der Waals surface area (Å²) in [5.74, 6) is 0.198. The van der Waals surface area contributed by atoms with Crippen LogP contribution in [0.25, 0.3) is 21.8 Å². The first-order valence-electron chi connectivity index (χ1n) is 21.2. The summed E-state index contributed by atoms with van der Waals surface area (Å²) in [5.41, 5.74) is 6.17. The highest BCUT2D eigenvalue weighted by atomic mass is 16.5. The van der Waals surface area contributed by atoms with Crippen LogP contribution in [0.5, 0.6) is 5.75 Å². The second kappa shape index (κ2) is 14.4. The maximum Gasteiger partial charge on any atom is 0.319 e. The van der Waals surface area contributed by atoms with Gasteiger partial charge in [0.25, 0.3) is 0 Å². The van der Waals surface area contributed by atoms with Crippen LogP contribution < -0.4 is 4.74 Å². The van der Waals surface area contributed by atoms with Crippen LogP contribution >= 0.6 is 0 Å². The number of aliphatic hydroxyl groups excluding tert-OH is 1. The van der Waals surface area contributed by atoms with Gasteiger partial charge in [0.05, 0.1) is 27.9 Å². The van der Waals surface area contributed by atoms with Crippen molar-refractivity contribution in [1.29, 1.82) is 0 Å². The minimum absolute atomic E-state index is 0.0870. The Morgan fingerprint density at radius 3 is 2.47 bits per heavy atom. The Labute approximate surface area is 340 Å². The van der Waals surface area contributed by atoms with Crippen molar-refractivity contribution in [3.63, 3.8) is 0 Å². The first kappa shape index (κ1) is 39.0. The van der Waals surface area contributed by atoms with Crippen molar-refractivity contribution < 1.29 is 33.7 Å². The molecule has 0 radical (unpaired) electrons. The van der Waals surface area contributed by atoms with Gasteiger partial charge < -0.3 is 29.3 Å². The Hall–Kier alpha value is -4.45. The molecule has 2 aromatic carbocycles. The Morgan fingerprint density at radius 2 is 1.78 bits per heavy atom. The lowest BCUT2D eigenvalue weighted by Crippen LogP contribution is -2.70. The number of aromatic amines is 2. The van der Waals surface area contributed by atoms with E-state index in [0.29, 0.717) is 50.3 Å². The number of fused-ring (bicyclic) bond motifs is 9. The van der Waals surface area contributed by atoms with Crippen LogP contribution in [0.3, 0.4) is 0 Å². The predicted octanol–water partition coefficient (Wildman–Crippen LogP) is 6.20. The van der Waals surface area contributed by atoms with Crippen molar-refractivity contribution in [2.75, 3.05) is 48.1 Å². The number of likely N-dealkylation sites (tertiary alicyclic amines) is 1. The van der Waals surface area contributed by atoms with Gasteiger partial charge in [-0.15, -0.1) is 0 Å². The molecule has 10 atom stereocenters. The lowest BCUT2D eigenvalue weighted by atomic mass is 9.54. The third-order valence-corrected chi connectivity index (χ3v) is 15.6. The van der Waals surface area contributed by atoms with Crippen LogP contribution in [0.1, 0.15) is 86.9 Å². The number of likely N-dealkylation sites (N-methyl/N-ethyl adjacent to an activating group) is 1. The summed E-state index contributed by atoms with van der Waals surface area (Å²) >= 11 is 0. The minimum Gasteiger partial charge on any atom is -0.496 e. The van der Waals surface area contributed by atoms with Crippen LogP contribution in [0.15, 0.2) is 48.0 Å². The molecule has 6 bridgehead atoms. The molecular weight excluding hydrogens is 733 g/mol. The van der Waals surface area contributed by atoms with Crippen molar-refractivity contribution in [3.8, 4) is 5.75 Å². The number of allylic oxidation sites excluding steroid dienone is 1. The van der Waals surface area contributed by atoms with Gasteiger partial charge in [-0.2, -0.15) is 0 Å². The monoisotopic (exact) mass is 790 g/mol. The number of methoxy groups -OCH3 is 3. The van der Waals surface area contributed by atoms with Crippen molar-refractivity contribution in [2.24, 2.45) is 23.2 Å². The number of carbonyl (C=O) groups is 3. The Morgan fingerprint density at radius 1 is 1.00 bits per heavy atom. The number of carbonyl (C=O) groups excluding carboxylic acids is 3. The molecule has 0 spiro atoms. The molecule has 3 N–H and O–H groups in total. The highest BCUT2D eigenvalue weighted by Gasteiger charge is 2.65. The average molecular weight is 791 g/mol. The Bertz CT molecular complexity index is 2340. The fourth-order valence-electron chi connectivity index (χ4n) is 13.3. The van der Waals surface area contributed by atoms with Gasteiger partial charge in [-0.05, 0) is 88.1 Å². The van der Waals surface area contributed by atoms with Gasteiger partial charge in [0.1, 0.15) is 22.4 Å². The Kier molecular flexibility index (Phi) is 9.68. The van der Waals surface area contributed by atoms with Crippen molar-refractivity contribution in [3.05, 3.63) is 76.1 Å². The number of hydrogen-bond donors (Lipinski definition) is 3. The molecule has 10 rings (SSSR count). The fraction of sp³-hybridized carbons (Fsp3) is 0.553. The average Bonchev–Trinajstić information content (AvgIpc) is 3.75. The van der Waals surface area contributed by atoms with E-state index < -0.39 is 16.8 Å². The predicted molar refractivity (Wildman–Crippen MR) is 222 cm³/mol. The van der Waals surface area contributed by atoms with E-state index in [4.69, 9.17) is 14.2 Å². The van der Waals surface area contributed by atoms with E-state index in [1.54, 1.807) is 14.0 Å². The van der Waals surface area contributed by atoms with Crippen LogP contribution in [-0.4, -0.2) is 109 Å². The summed E-state index contributed by atoms with van der Waals surface area (Å²) < 4.78 is 17.7. The summed E-state index contributed by atoms with van der Waals surface area (Å²) in [7, 11) is 6.68. The fourth-order valence-corrected chi connectivity index (χ4v) is 13.3. The number of ketones is 1. The highest BCUT2D eigenvalue weighted by Crippen LogP contribution is 2.59. The highest BCUT2D eigenvalue weighted by molar-refractivity contribution is 5.94. The van der Waals surface area contributed by atoms with Gasteiger partial charge in [-0.3, -0.25) is 24.2 Å². The summed E-state index contributed by atoms with van der Waals surface area (Å²) in [6.07, 6.45) is 6.97. The Balaban J connectivity index is 1.28. The van der Waals surface area contributed by atoms with Gasteiger partial charge >= 0.3 is 11.9 Å². The number of nitrogens with one attached hydrogen (secondary N) is 2. The van der Waals surface area contributed by atoms with Crippen molar-refractivity contribution in [2.45, 2.75) is 95.2 Å². The van der Waals surface area contributed by atoms with Gasteiger partial charge in [0, 0.05) is 94.3 Å². The minimum atomic E-state index is -1.20. The molecule has 4 fully saturated rings. The van der Waals surface area contributed by atoms with E-state index in [1.807, 2.05) is 20.0 Å². The molecule has 308 valence electrons. The maximum absolute atomic E-state index is 14.5. The van der Waals surface area contributed by atoms with Crippen molar-refractivity contribution in [1.82, 2.24) is 19.8 Å². The molecule has 1 unspecified atom stereocenters. The maximum atomic E-state index is 14.5. The summed E-state index contributed by atoms with van der Waals surface area (Å²) in [6, 6.07) is 12.4. The SMILES string of the molecule is C/C=C1/CN(C)[C@H]2Cc3c([nH]c4ccccc34)[C@@H](c3cc4c5c([nH]c4cc3OC)[C@]3(C(=O)OC)C[C@@H]4C[C@H](CC)[C@@H]3N(CC5)[C@@H]4CC(C)=O)C[C@H]1[C@@]2(CO)C(=O)OC. The topological polar surface area (TPSA) is 137 Å². The van der Waals surface area contributed by atoms with Gasteiger partial charge in [0.15, 0.2) is 0 Å². The number of rotatable bonds is 8. The molecule has 1 saturated carbocycles. The number of ether oxygens (including phenoxy) is 3. The van der Waals surface area contributed by atoms with Gasteiger partial charge in [-0.25, -0.2) is 0 Å². The summed E-state index contributed by atoms with van der Waals surface area (Å²) in [5, 5.41) is 13.6. The number of H-pyrrole nitrogens is 2. The molecule has 11 heteroatoms. The van der Waals surface area contributed by atoms with E-state index in [0.717, 1.165) is 74.8 Å².